The molecule has 17 heavy (non-hydrogen) atoms. The van der Waals surface area contributed by atoms with Gasteiger partial charge in [-0.1, -0.05) is 11.6 Å². The second-order valence-electron chi connectivity index (χ2n) is 3.91. The van der Waals surface area contributed by atoms with Crippen LogP contribution in [0.15, 0.2) is 22.7 Å². The van der Waals surface area contributed by atoms with E-state index in [0.29, 0.717) is 16.0 Å². The van der Waals surface area contributed by atoms with Gasteiger partial charge in [-0.3, -0.25) is 9.59 Å². The highest BCUT2D eigenvalue weighted by Gasteiger charge is 2.33. The van der Waals surface area contributed by atoms with E-state index < -0.39 is 11.8 Å². The first-order valence-corrected chi connectivity index (χ1v) is 6.21. The maximum atomic E-state index is 11.8. The molecule has 6 heteroatoms. The summed E-state index contributed by atoms with van der Waals surface area (Å²) in [5, 5.41) is 0.576. The second kappa shape index (κ2) is 4.66. The summed E-state index contributed by atoms with van der Waals surface area (Å²) in [4.78, 5) is 24.4. The van der Waals surface area contributed by atoms with Gasteiger partial charge in [0.1, 0.15) is 0 Å². The molecule has 1 aliphatic rings. The topological polar surface area (TPSA) is 63.4 Å². The van der Waals surface area contributed by atoms with E-state index in [2.05, 4.69) is 15.9 Å². The van der Waals surface area contributed by atoms with E-state index >= 15 is 0 Å². The number of carbonyl (C=O) groups is 2. The zero-order chi connectivity index (χ0) is 12.6. The Hall–Kier alpha value is -1.07. The molecule has 1 fully saturated rings. The number of hydrogen-bond acceptors (Lipinski definition) is 2. The summed E-state index contributed by atoms with van der Waals surface area (Å²) in [6.07, 6.45) is 0.176. The van der Waals surface area contributed by atoms with Crippen LogP contribution in [0.5, 0.6) is 0 Å². The molecule has 1 heterocycles. The van der Waals surface area contributed by atoms with Crippen molar-refractivity contribution in [2.45, 2.75) is 6.42 Å². The molecule has 2 N–H and O–H groups in total. The zero-order valence-corrected chi connectivity index (χ0v) is 11.2. The van der Waals surface area contributed by atoms with E-state index in [9.17, 15) is 9.59 Å². The Labute approximate surface area is 112 Å². The predicted molar refractivity (Wildman–Crippen MR) is 68.8 cm³/mol. The predicted octanol–water partition coefficient (Wildman–Crippen LogP) is 1.94. The first kappa shape index (κ1) is 12.4. The smallest absolute Gasteiger partial charge is 0.227 e. The van der Waals surface area contributed by atoms with Gasteiger partial charge in [-0.15, -0.1) is 0 Å². The van der Waals surface area contributed by atoms with Gasteiger partial charge in [-0.2, -0.15) is 0 Å². The molecule has 4 nitrogen and oxygen atoms in total. The molecule has 1 atom stereocenters. The Morgan fingerprint density at radius 3 is 2.76 bits per heavy atom. The first-order valence-electron chi connectivity index (χ1n) is 5.04. The summed E-state index contributed by atoms with van der Waals surface area (Å²) in [6.45, 7) is 0.336. The molecule has 1 aromatic carbocycles. The lowest BCUT2D eigenvalue weighted by Gasteiger charge is -2.16. The van der Waals surface area contributed by atoms with Gasteiger partial charge in [-0.25, -0.2) is 0 Å². The summed E-state index contributed by atoms with van der Waals surface area (Å²) in [5.41, 5.74) is 5.92. The van der Waals surface area contributed by atoms with Crippen molar-refractivity contribution >= 4 is 45.0 Å². The molecular weight excluding hydrogens is 307 g/mol. The number of amides is 2. The molecule has 1 aliphatic heterocycles. The summed E-state index contributed by atoms with van der Waals surface area (Å²) in [5.74, 6) is -0.936. The van der Waals surface area contributed by atoms with Crippen LogP contribution in [0.3, 0.4) is 0 Å². The van der Waals surface area contributed by atoms with E-state index in [1.807, 2.05) is 0 Å². The maximum absolute atomic E-state index is 11.8. The lowest BCUT2D eigenvalue weighted by atomic mass is 10.1. The van der Waals surface area contributed by atoms with Crippen molar-refractivity contribution in [3.05, 3.63) is 27.7 Å². The number of hydrogen-bond donors (Lipinski definition) is 1. The molecule has 0 aliphatic carbocycles. The molecule has 0 aromatic heterocycles. The van der Waals surface area contributed by atoms with Crippen LogP contribution in [-0.4, -0.2) is 18.4 Å². The SMILES string of the molecule is NC(=O)C1CC(=O)N(c2ccc(Cl)c(Br)c2)C1. The molecular formula is C11H10BrClN2O2. The molecule has 2 amide bonds. The van der Waals surface area contributed by atoms with E-state index in [0.717, 1.165) is 5.69 Å². The molecule has 1 aromatic rings. The highest BCUT2D eigenvalue weighted by atomic mass is 79.9. The second-order valence-corrected chi connectivity index (χ2v) is 5.17. The van der Waals surface area contributed by atoms with Crippen molar-refractivity contribution in [3.8, 4) is 0 Å². The highest BCUT2D eigenvalue weighted by Crippen LogP contribution is 2.31. The van der Waals surface area contributed by atoms with Gasteiger partial charge < -0.3 is 10.6 Å². The number of halogens is 2. The minimum atomic E-state index is -0.436. The van der Waals surface area contributed by atoms with E-state index in [4.69, 9.17) is 17.3 Å². The lowest BCUT2D eigenvalue weighted by Crippen LogP contribution is -2.28. The molecule has 1 unspecified atom stereocenters. The lowest BCUT2D eigenvalue weighted by molar-refractivity contribution is -0.123. The third-order valence-electron chi connectivity index (χ3n) is 2.74. The fourth-order valence-corrected chi connectivity index (χ4v) is 2.28. The summed E-state index contributed by atoms with van der Waals surface area (Å²) in [6, 6.07) is 5.20. The Bertz CT molecular complexity index is 492. The molecule has 1 saturated heterocycles. The van der Waals surface area contributed by atoms with E-state index in [1.165, 1.54) is 0 Å². The molecule has 90 valence electrons. The molecule has 0 saturated carbocycles. The minimum Gasteiger partial charge on any atom is -0.369 e. The largest absolute Gasteiger partial charge is 0.369 e. The minimum absolute atomic E-state index is 0.0944. The van der Waals surface area contributed by atoms with Gasteiger partial charge in [0.15, 0.2) is 0 Å². The Morgan fingerprint density at radius 2 is 2.24 bits per heavy atom. The van der Waals surface area contributed by atoms with Crippen LogP contribution in [0, 0.1) is 5.92 Å². The molecule has 0 bridgehead atoms. The van der Waals surface area contributed by atoms with Crippen LogP contribution < -0.4 is 10.6 Å². The Kier molecular flexibility index (Phi) is 3.40. The monoisotopic (exact) mass is 316 g/mol. The number of rotatable bonds is 2. The van der Waals surface area contributed by atoms with Crippen LogP contribution in [0.25, 0.3) is 0 Å². The Balaban J connectivity index is 2.26. The van der Waals surface area contributed by atoms with Crippen molar-refractivity contribution in [2.75, 3.05) is 11.4 Å². The number of anilines is 1. The van der Waals surface area contributed by atoms with Crippen molar-refractivity contribution in [1.82, 2.24) is 0 Å². The van der Waals surface area contributed by atoms with Gasteiger partial charge in [0.25, 0.3) is 0 Å². The maximum Gasteiger partial charge on any atom is 0.227 e. The average Bonchev–Trinajstić information content (AvgIpc) is 2.65. The van der Waals surface area contributed by atoms with Crippen LogP contribution in [-0.2, 0) is 9.59 Å². The third kappa shape index (κ3) is 2.45. The van der Waals surface area contributed by atoms with Gasteiger partial charge in [0.2, 0.25) is 11.8 Å². The fourth-order valence-electron chi connectivity index (χ4n) is 1.80. The number of benzene rings is 1. The Morgan fingerprint density at radius 1 is 1.53 bits per heavy atom. The van der Waals surface area contributed by atoms with Crippen LogP contribution in [0.4, 0.5) is 5.69 Å². The van der Waals surface area contributed by atoms with Gasteiger partial charge in [0.05, 0.1) is 10.9 Å². The van der Waals surface area contributed by atoms with Gasteiger partial charge >= 0.3 is 0 Å². The molecule has 0 radical (unpaired) electrons. The first-order chi connectivity index (χ1) is 7.99. The fraction of sp³-hybridized carbons (Fsp3) is 0.273. The van der Waals surface area contributed by atoms with Gasteiger partial charge in [0, 0.05) is 23.1 Å². The van der Waals surface area contributed by atoms with Crippen LogP contribution in [0.2, 0.25) is 5.02 Å². The average molecular weight is 318 g/mol. The van der Waals surface area contributed by atoms with Crippen LogP contribution in [0.1, 0.15) is 6.42 Å². The van der Waals surface area contributed by atoms with E-state index in [1.54, 1.807) is 23.1 Å². The number of carbonyl (C=O) groups excluding carboxylic acids is 2. The standard InChI is InChI=1S/C11H10BrClN2O2/c12-8-4-7(1-2-9(8)13)15-5-6(11(14)17)3-10(15)16/h1-2,4,6H,3,5H2,(H2,14,17). The highest BCUT2D eigenvalue weighted by molar-refractivity contribution is 9.10. The van der Waals surface area contributed by atoms with Crippen molar-refractivity contribution < 1.29 is 9.59 Å². The quantitative estimate of drug-likeness (QED) is 0.906. The molecule has 2 rings (SSSR count). The van der Waals surface area contributed by atoms with E-state index in [-0.39, 0.29) is 12.3 Å². The summed E-state index contributed by atoms with van der Waals surface area (Å²) in [7, 11) is 0. The number of nitrogens with zero attached hydrogens (tertiary/aromatic N) is 1. The van der Waals surface area contributed by atoms with Crippen molar-refractivity contribution in [1.29, 1.82) is 0 Å². The van der Waals surface area contributed by atoms with Crippen molar-refractivity contribution in [3.63, 3.8) is 0 Å². The zero-order valence-electron chi connectivity index (χ0n) is 8.82. The number of primary amides is 1. The van der Waals surface area contributed by atoms with Gasteiger partial charge in [-0.05, 0) is 34.1 Å². The normalized spacial score (nSPS) is 19.8. The third-order valence-corrected chi connectivity index (χ3v) is 3.96. The summed E-state index contributed by atoms with van der Waals surface area (Å²) >= 11 is 9.17. The number of nitrogens with two attached hydrogens (primary N) is 1. The van der Waals surface area contributed by atoms with Crippen molar-refractivity contribution in [2.24, 2.45) is 11.7 Å². The summed E-state index contributed by atoms with van der Waals surface area (Å²) < 4.78 is 0.715. The molecule has 0 spiro atoms. The van der Waals surface area contributed by atoms with Crippen LogP contribution >= 0.6 is 27.5 Å².